The van der Waals surface area contributed by atoms with Crippen molar-refractivity contribution in [3.63, 3.8) is 0 Å². The Morgan fingerprint density at radius 3 is 2.38 bits per heavy atom. The van der Waals surface area contributed by atoms with Gasteiger partial charge in [0.1, 0.15) is 0 Å². The van der Waals surface area contributed by atoms with Gasteiger partial charge in [0.25, 0.3) is 0 Å². The molecule has 5 nitrogen and oxygen atoms in total. The van der Waals surface area contributed by atoms with Crippen LogP contribution in [0.1, 0.15) is 64.7 Å². The molecule has 0 aromatic carbocycles. The van der Waals surface area contributed by atoms with Crippen LogP contribution in [0.4, 0.5) is 4.79 Å². The molecule has 0 spiro atoms. The highest BCUT2D eigenvalue weighted by Gasteiger charge is 2.40. The minimum atomic E-state index is -0.841. The number of amides is 2. The van der Waals surface area contributed by atoms with Crippen LogP contribution in [0.15, 0.2) is 0 Å². The molecule has 2 rings (SSSR count). The first-order valence-electron chi connectivity index (χ1n) is 8.27. The Labute approximate surface area is 126 Å². The van der Waals surface area contributed by atoms with E-state index in [-0.39, 0.29) is 12.5 Å². The highest BCUT2D eigenvalue weighted by Crippen LogP contribution is 2.34. The molecule has 5 heteroatoms. The van der Waals surface area contributed by atoms with Crippen LogP contribution in [-0.2, 0) is 4.79 Å². The average Bonchev–Trinajstić information content (AvgIpc) is 2.38. The summed E-state index contributed by atoms with van der Waals surface area (Å²) in [4.78, 5) is 22.8. The maximum absolute atomic E-state index is 11.9. The molecule has 0 heterocycles. The van der Waals surface area contributed by atoms with Gasteiger partial charge in [0.2, 0.25) is 0 Å². The molecule has 0 radical (unpaired) electrons. The minimum absolute atomic E-state index is 0.0287. The van der Waals surface area contributed by atoms with Gasteiger partial charge in [0, 0.05) is 6.54 Å². The highest BCUT2D eigenvalue weighted by molar-refractivity contribution is 5.77. The number of hydrogen-bond donors (Lipinski definition) is 3. The lowest BCUT2D eigenvalue weighted by Crippen LogP contribution is -2.57. The fourth-order valence-corrected chi connectivity index (χ4v) is 3.53. The molecule has 0 saturated heterocycles. The summed E-state index contributed by atoms with van der Waals surface area (Å²) in [6.45, 7) is 3.00. The van der Waals surface area contributed by atoms with Crippen molar-refractivity contribution in [2.75, 3.05) is 6.54 Å². The molecule has 2 saturated carbocycles. The van der Waals surface area contributed by atoms with E-state index in [4.69, 9.17) is 5.11 Å². The van der Waals surface area contributed by atoms with E-state index in [1.807, 2.05) is 0 Å². The summed E-state index contributed by atoms with van der Waals surface area (Å²) in [5, 5.41) is 14.7. The molecule has 3 N–H and O–H groups in total. The van der Waals surface area contributed by atoms with Gasteiger partial charge < -0.3 is 15.7 Å². The molecule has 0 aliphatic heterocycles. The standard InChI is InChI=1S/C16H28N2O3/c1-12-3-5-13(6-4-12)7-10-17-15(21)18-16(8-2-9-16)11-14(19)20/h12-13H,2-11H2,1H3,(H,19,20)(H2,17,18,21). The maximum Gasteiger partial charge on any atom is 0.315 e. The smallest absolute Gasteiger partial charge is 0.315 e. The Kier molecular flexibility index (Phi) is 5.48. The summed E-state index contributed by atoms with van der Waals surface area (Å²) in [7, 11) is 0. The average molecular weight is 296 g/mol. The molecule has 120 valence electrons. The van der Waals surface area contributed by atoms with Gasteiger partial charge in [-0.1, -0.05) is 32.6 Å². The van der Waals surface area contributed by atoms with Crippen molar-refractivity contribution in [2.24, 2.45) is 11.8 Å². The van der Waals surface area contributed by atoms with Gasteiger partial charge in [-0.2, -0.15) is 0 Å². The van der Waals surface area contributed by atoms with Crippen LogP contribution in [0.2, 0.25) is 0 Å². The fraction of sp³-hybridized carbons (Fsp3) is 0.875. The van der Waals surface area contributed by atoms with Crippen molar-refractivity contribution in [2.45, 2.75) is 70.3 Å². The predicted octanol–water partition coefficient (Wildman–Crippen LogP) is 2.90. The van der Waals surface area contributed by atoms with Gasteiger partial charge in [-0.25, -0.2) is 4.79 Å². The molecule has 2 aliphatic rings. The number of urea groups is 1. The molecule has 2 aliphatic carbocycles. The van der Waals surface area contributed by atoms with Crippen molar-refractivity contribution in [3.05, 3.63) is 0 Å². The van der Waals surface area contributed by atoms with E-state index < -0.39 is 11.5 Å². The van der Waals surface area contributed by atoms with Gasteiger partial charge in [-0.05, 0) is 37.5 Å². The quantitative estimate of drug-likeness (QED) is 0.705. The van der Waals surface area contributed by atoms with Gasteiger partial charge in [-0.15, -0.1) is 0 Å². The van der Waals surface area contributed by atoms with Crippen molar-refractivity contribution in [3.8, 4) is 0 Å². The van der Waals surface area contributed by atoms with Gasteiger partial charge in [0.15, 0.2) is 0 Å². The third-order valence-corrected chi connectivity index (χ3v) is 5.15. The molecule has 0 unspecified atom stereocenters. The summed E-state index contributed by atoms with van der Waals surface area (Å²) < 4.78 is 0. The number of rotatable bonds is 6. The molecule has 0 aromatic heterocycles. The third kappa shape index (κ3) is 4.90. The third-order valence-electron chi connectivity index (χ3n) is 5.15. The molecular weight excluding hydrogens is 268 g/mol. The van der Waals surface area contributed by atoms with E-state index in [0.29, 0.717) is 6.54 Å². The van der Waals surface area contributed by atoms with Crippen LogP contribution in [0.5, 0.6) is 0 Å². The van der Waals surface area contributed by atoms with Crippen LogP contribution in [0.25, 0.3) is 0 Å². The van der Waals surface area contributed by atoms with Crippen LogP contribution in [0, 0.1) is 11.8 Å². The monoisotopic (exact) mass is 296 g/mol. The first kappa shape index (κ1) is 16.1. The summed E-state index contributed by atoms with van der Waals surface area (Å²) in [6, 6.07) is -0.208. The summed E-state index contributed by atoms with van der Waals surface area (Å²) in [6.07, 6.45) is 8.75. The lowest BCUT2D eigenvalue weighted by molar-refractivity contribution is -0.139. The second-order valence-electron chi connectivity index (χ2n) is 7.00. The molecule has 0 aromatic rings. The summed E-state index contributed by atoms with van der Waals surface area (Å²) in [5.74, 6) is 0.747. The van der Waals surface area contributed by atoms with Crippen LogP contribution in [-0.4, -0.2) is 29.2 Å². The molecule has 21 heavy (non-hydrogen) atoms. The molecule has 0 atom stereocenters. The van der Waals surface area contributed by atoms with Crippen molar-refractivity contribution >= 4 is 12.0 Å². The van der Waals surface area contributed by atoms with Crippen molar-refractivity contribution in [1.82, 2.24) is 10.6 Å². The van der Waals surface area contributed by atoms with Crippen molar-refractivity contribution < 1.29 is 14.7 Å². The zero-order valence-corrected chi connectivity index (χ0v) is 13.0. The largest absolute Gasteiger partial charge is 0.481 e. The van der Waals surface area contributed by atoms with Crippen LogP contribution in [0.3, 0.4) is 0 Å². The Balaban J connectivity index is 1.64. The minimum Gasteiger partial charge on any atom is -0.481 e. The van der Waals surface area contributed by atoms with Gasteiger partial charge >= 0.3 is 12.0 Å². The van der Waals surface area contributed by atoms with Gasteiger partial charge in [-0.3, -0.25) is 4.79 Å². The fourth-order valence-electron chi connectivity index (χ4n) is 3.53. The summed E-state index contributed by atoms with van der Waals surface area (Å²) >= 11 is 0. The second kappa shape index (κ2) is 7.14. The first-order chi connectivity index (χ1) is 9.99. The number of carbonyl (C=O) groups is 2. The van der Waals surface area contributed by atoms with E-state index >= 15 is 0 Å². The maximum atomic E-state index is 11.9. The zero-order chi connectivity index (χ0) is 15.3. The Hall–Kier alpha value is -1.26. The molecular formula is C16H28N2O3. The van der Waals surface area contributed by atoms with E-state index in [1.54, 1.807) is 0 Å². The zero-order valence-electron chi connectivity index (χ0n) is 13.0. The lowest BCUT2D eigenvalue weighted by Gasteiger charge is -2.41. The first-order valence-corrected chi connectivity index (χ1v) is 8.27. The normalized spacial score (nSPS) is 27.5. The number of hydrogen-bond acceptors (Lipinski definition) is 2. The number of carboxylic acids is 1. The van der Waals surface area contributed by atoms with E-state index in [2.05, 4.69) is 17.6 Å². The SMILES string of the molecule is CC1CCC(CCNC(=O)NC2(CC(=O)O)CCC2)CC1. The Morgan fingerprint density at radius 1 is 1.19 bits per heavy atom. The predicted molar refractivity (Wildman–Crippen MR) is 81.1 cm³/mol. The lowest BCUT2D eigenvalue weighted by atomic mass is 9.74. The second-order valence-corrected chi connectivity index (χ2v) is 7.00. The number of carbonyl (C=O) groups excluding carboxylic acids is 1. The van der Waals surface area contributed by atoms with E-state index in [1.165, 1.54) is 25.7 Å². The molecule has 0 bridgehead atoms. The summed E-state index contributed by atoms with van der Waals surface area (Å²) in [5.41, 5.74) is -0.504. The number of carboxylic acid groups (broad SMARTS) is 1. The Bertz CT molecular complexity index is 372. The molecule has 2 fully saturated rings. The van der Waals surface area contributed by atoms with Crippen LogP contribution >= 0.6 is 0 Å². The molecule has 2 amide bonds. The number of nitrogens with one attached hydrogen (secondary N) is 2. The van der Waals surface area contributed by atoms with Crippen LogP contribution < -0.4 is 10.6 Å². The van der Waals surface area contributed by atoms with Gasteiger partial charge in [0.05, 0.1) is 12.0 Å². The number of aliphatic carboxylic acids is 1. The van der Waals surface area contributed by atoms with E-state index in [9.17, 15) is 9.59 Å². The highest BCUT2D eigenvalue weighted by atomic mass is 16.4. The Morgan fingerprint density at radius 2 is 1.86 bits per heavy atom. The van der Waals surface area contributed by atoms with E-state index in [0.717, 1.165) is 37.5 Å². The van der Waals surface area contributed by atoms with Crippen molar-refractivity contribution in [1.29, 1.82) is 0 Å². The topological polar surface area (TPSA) is 78.4 Å².